The minimum absolute atomic E-state index is 0.440. The van der Waals surface area contributed by atoms with Gasteiger partial charge in [0.15, 0.2) is 0 Å². The second-order valence-corrected chi connectivity index (χ2v) is 5.76. The Kier molecular flexibility index (Phi) is 4.94. The molecule has 0 spiro atoms. The van der Waals surface area contributed by atoms with Gasteiger partial charge in [-0.25, -0.2) is 0 Å². The van der Waals surface area contributed by atoms with Crippen LogP contribution in [0.2, 0.25) is 0 Å². The number of alkyl halides is 1. The van der Waals surface area contributed by atoms with Crippen LogP contribution >= 0.6 is 15.9 Å². The van der Waals surface area contributed by atoms with Crippen LogP contribution in [0.4, 0.5) is 0 Å². The molecular formula is C16H18BrN. The van der Waals surface area contributed by atoms with E-state index in [1.807, 2.05) is 12.3 Å². The lowest BCUT2D eigenvalue weighted by Gasteiger charge is -2.17. The standard InChI is InChI=1S/C16H18BrN/c1-13(16-9-5-6-12-18-16)15(17)11-10-14-7-3-2-4-8-14/h2-9,12-13,15H,10-11H2,1H3. The number of hydrogen-bond acceptors (Lipinski definition) is 1. The topological polar surface area (TPSA) is 12.9 Å². The summed E-state index contributed by atoms with van der Waals surface area (Å²) in [4.78, 5) is 4.89. The zero-order valence-corrected chi connectivity index (χ0v) is 12.2. The predicted octanol–water partition coefficient (Wildman–Crippen LogP) is 4.58. The zero-order valence-electron chi connectivity index (χ0n) is 10.6. The molecule has 1 aromatic heterocycles. The SMILES string of the molecule is CC(c1ccccn1)C(Br)CCc1ccccc1. The molecule has 0 saturated heterocycles. The van der Waals surface area contributed by atoms with Gasteiger partial charge in [-0.2, -0.15) is 0 Å². The van der Waals surface area contributed by atoms with Crippen molar-refractivity contribution in [3.8, 4) is 0 Å². The molecule has 0 fully saturated rings. The maximum absolute atomic E-state index is 4.42. The van der Waals surface area contributed by atoms with Crippen molar-refractivity contribution in [2.45, 2.75) is 30.5 Å². The van der Waals surface area contributed by atoms with Gasteiger partial charge >= 0.3 is 0 Å². The Balaban J connectivity index is 1.90. The van der Waals surface area contributed by atoms with E-state index in [4.69, 9.17) is 0 Å². The number of aromatic nitrogens is 1. The number of halogens is 1. The fraction of sp³-hybridized carbons (Fsp3) is 0.312. The monoisotopic (exact) mass is 303 g/mol. The number of rotatable bonds is 5. The van der Waals surface area contributed by atoms with E-state index in [9.17, 15) is 0 Å². The van der Waals surface area contributed by atoms with Crippen molar-refractivity contribution in [2.24, 2.45) is 0 Å². The Labute approximate surface area is 117 Å². The minimum Gasteiger partial charge on any atom is -0.261 e. The maximum Gasteiger partial charge on any atom is 0.0442 e. The first-order chi connectivity index (χ1) is 8.77. The number of nitrogens with zero attached hydrogens (tertiary/aromatic N) is 1. The Morgan fingerprint density at radius 1 is 1.06 bits per heavy atom. The van der Waals surface area contributed by atoms with Crippen LogP contribution in [0.25, 0.3) is 0 Å². The number of aryl methyl sites for hydroxylation is 1. The van der Waals surface area contributed by atoms with Crippen LogP contribution < -0.4 is 0 Å². The maximum atomic E-state index is 4.42. The molecular weight excluding hydrogens is 286 g/mol. The molecule has 1 aromatic carbocycles. The van der Waals surface area contributed by atoms with Crippen LogP contribution in [0.3, 0.4) is 0 Å². The Hall–Kier alpha value is -1.15. The van der Waals surface area contributed by atoms with Crippen molar-refractivity contribution in [3.63, 3.8) is 0 Å². The molecule has 18 heavy (non-hydrogen) atoms. The summed E-state index contributed by atoms with van der Waals surface area (Å²) >= 11 is 3.80. The molecule has 2 unspecified atom stereocenters. The molecule has 1 nitrogen and oxygen atoms in total. The highest BCUT2D eigenvalue weighted by molar-refractivity contribution is 9.09. The highest BCUT2D eigenvalue weighted by atomic mass is 79.9. The first-order valence-electron chi connectivity index (χ1n) is 6.36. The summed E-state index contributed by atoms with van der Waals surface area (Å²) in [7, 11) is 0. The molecule has 2 heteroatoms. The summed E-state index contributed by atoms with van der Waals surface area (Å²) in [6, 6.07) is 16.7. The van der Waals surface area contributed by atoms with Crippen LogP contribution in [-0.2, 0) is 6.42 Å². The summed E-state index contributed by atoms with van der Waals surface area (Å²) in [5.41, 5.74) is 2.56. The fourth-order valence-electron chi connectivity index (χ4n) is 2.03. The number of benzene rings is 1. The first kappa shape index (κ1) is 13.3. The molecule has 2 atom stereocenters. The lowest BCUT2D eigenvalue weighted by atomic mass is 9.98. The summed E-state index contributed by atoms with van der Waals surface area (Å²) in [5, 5.41) is 0. The van der Waals surface area contributed by atoms with Crippen molar-refractivity contribution >= 4 is 15.9 Å². The molecule has 94 valence electrons. The van der Waals surface area contributed by atoms with Crippen molar-refractivity contribution < 1.29 is 0 Å². The molecule has 0 saturated carbocycles. The smallest absolute Gasteiger partial charge is 0.0442 e. The highest BCUT2D eigenvalue weighted by Gasteiger charge is 2.16. The Morgan fingerprint density at radius 2 is 1.78 bits per heavy atom. The van der Waals surface area contributed by atoms with Crippen LogP contribution in [0.1, 0.15) is 30.5 Å². The molecule has 2 rings (SSSR count). The van der Waals surface area contributed by atoms with E-state index in [0.29, 0.717) is 10.7 Å². The Bertz CT molecular complexity index is 455. The van der Waals surface area contributed by atoms with Crippen molar-refractivity contribution in [3.05, 3.63) is 66.0 Å². The van der Waals surface area contributed by atoms with Crippen LogP contribution in [0.15, 0.2) is 54.7 Å². The van der Waals surface area contributed by atoms with Gasteiger partial charge in [-0.15, -0.1) is 0 Å². The average molecular weight is 304 g/mol. The molecule has 0 aliphatic heterocycles. The normalized spacial score (nSPS) is 14.1. The third-order valence-corrected chi connectivity index (χ3v) is 4.50. The molecule has 0 aliphatic rings. The van der Waals surface area contributed by atoms with Gasteiger partial charge in [0, 0.05) is 22.6 Å². The van der Waals surface area contributed by atoms with E-state index in [1.54, 1.807) is 0 Å². The summed E-state index contributed by atoms with van der Waals surface area (Å²) in [5.74, 6) is 0.440. The third kappa shape index (κ3) is 3.67. The molecule has 1 heterocycles. The third-order valence-electron chi connectivity index (χ3n) is 3.25. The van der Waals surface area contributed by atoms with Crippen molar-refractivity contribution in [1.29, 1.82) is 0 Å². The molecule has 2 aromatic rings. The largest absolute Gasteiger partial charge is 0.261 e. The summed E-state index contributed by atoms with van der Waals surface area (Å²) < 4.78 is 0. The Morgan fingerprint density at radius 3 is 2.44 bits per heavy atom. The molecule has 0 N–H and O–H groups in total. The van der Waals surface area contributed by atoms with Gasteiger partial charge in [0.05, 0.1) is 0 Å². The molecule has 0 radical (unpaired) electrons. The van der Waals surface area contributed by atoms with E-state index in [1.165, 1.54) is 5.56 Å². The van der Waals surface area contributed by atoms with Gasteiger partial charge in [0.2, 0.25) is 0 Å². The fourth-order valence-corrected chi connectivity index (χ4v) is 2.53. The van der Waals surface area contributed by atoms with E-state index >= 15 is 0 Å². The lowest BCUT2D eigenvalue weighted by Crippen LogP contribution is -2.11. The quantitative estimate of drug-likeness (QED) is 0.737. The van der Waals surface area contributed by atoms with E-state index < -0.39 is 0 Å². The molecule has 0 aliphatic carbocycles. The van der Waals surface area contributed by atoms with Crippen LogP contribution in [0, 0.1) is 0 Å². The second kappa shape index (κ2) is 6.69. The average Bonchev–Trinajstić information content (AvgIpc) is 2.46. The lowest BCUT2D eigenvalue weighted by molar-refractivity contribution is 0.646. The van der Waals surface area contributed by atoms with E-state index in [2.05, 4.69) is 70.3 Å². The predicted molar refractivity (Wildman–Crippen MR) is 80.1 cm³/mol. The molecule has 0 bridgehead atoms. The van der Waals surface area contributed by atoms with Crippen LogP contribution in [0.5, 0.6) is 0 Å². The van der Waals surface area contributed by atoms with Gasteiger partial charge in [0.1, 0.15) is 0 Å². The number of hydrogen-bond donors (Lipinski definition) is 0. The van der Waals surface area contributed by atoms with Gasteiger partial charge in [-0.3, -0.25) is 4.98 Å². The summed E-state index contributed by atoms with van der Waals surface area (Å²) in [6.07, 6.45) is 4.10. The van der Waals surface area contributed by atoms with Gasteiger partial charge in [0.25, 0.3) is 0 Å². The van der Waals surface area contributed by atoms with Crippen molar-refractivity contribution in [2.75, 3.05) is 0 Å². The number of pyridine rings is 1. The summed E-state index contributed by atoms with van der Waals surface area (Å²) in [6.45, 7) is 2.23. The van der Waals surface area contributed by atoms with Gasteiger partial charge in [-0.05, 0) is 30.5 Å². The van der Waals surface area contributed by atoms with Crippen LogP contribution in [-0.4, -0.2) is 9.81 Å². The van der Waals surface area contributed by atoms with E-state index in [0.717, 1.165) is 18.5 Å². The highest BCUT2D eigenvalue weighted by Crippen LogP contribution is 2.26. The second-order valence-electron chi connectivity index (χ2n) is 4.58. The van der Waals surface area contributed by atoms with Crippen molar-refractivity contribution in [1.82, 2.24) is 4.98 Å². The van der Waals surface area contributed by atoms with Gasteiger partial charge < -0.3 is 0 Å². The first-order valence-corrected chi connectivity index (χ1v) is 7.28. The zero-order chi connectivity index (χ0) is 12.8. The van der Waals surface area contributed by atoms with E-state index in [-0.39, 0.29) is 0 Å². The van der Waals surface area contributed by atoms with Gasteiger partial charge in [-0.1, -0.05) is 59.3 Å². The minimum atomic E-state index is 0.440. The molecule has 0 amide bonds.